The molecule has 22 heavy (non-hydrogen) atoms. The molecule has 1 amide bonds. The number of H-pyrrole nitrogens is 1. The van der Waals surface area contributed by atoms with Crippen LogP contribution >= 0.6 is 0 Å². The fourth-order valence-electron chi connectivity index (χ4n) is 2.14. The second kappa shape index (κ2) is 8.12. The average molecular weight is 299 g/mol. The van der Waals surface area contributed by atoms with Gasteiger partial charge in [0.25, 0.3) is 11.5 Å². The van der Waals surface area contributed by atoms with Gasteiger partial charge in [-0.2, -0.15) is 5.10 Å². The molecule has 0 aliphatic carbocycles. The van der Waals surface area contributed by atoms with E-state index in [0.29, 0.717) is 6.54 Å². The highest BCUT2D eigenvalue weighted by molar-refractivity contribution is 5.91. The molecule has 5 nitrogen and oxygen atoms in total. The van der Waals surface area contributed by atoms with Crippen molar-refractivity contribution in [3.05, 3.63) is 63.6 Å². The van der Waals surface area contributed by atoms with Crippen LogP contribution in [0.15, 0.2) is 41.2 Å². The van der Waals surface area contributed by atoms with E-state index in [9.17, 15) is 9.59 Å². The molecular formula is C17H21N3O2. The molecule has 5 heteroatoms. The van der Waals surface area contributed by atoms with E-state index in [4.69, 9.17) is 0 Å². The largest absolute Gasteiger partial charge is 0.350 e. The highest BCUT2D eigenvalue weighted by Crippen LogP contribution is 2.08. The fraction of sp³-hybridized carbons (Fsp3) is 0.353. The minimum Gasteiger partial charge on any atom is -0.350 e. The summed E-state index contributed by atoms with van der Waals surface area (Å²) in [5.74, 6) is -0.282. The van der Waals surface area contributed by atoms with Gasteiger partial charge in [-0.1, -0.05) is 37.6 Å². The molecule has 116 valence electrons. The third-order valence-electron chi connectivity index (χ3n) is 3.45. The molecule has 2 rings (SSSR count). The first-order chi connectivity index (χ1) is 10.7. The quantitative estimate of drug-likeness (QED) is 0.822. The minimum absolute atomic E-state index is 0.217. The lowest BCUT2D eigenvalue weighted by molar-refractivity contribution is 0.0948. The van der Waals surface area contributed by atoms with Crippen molar-refractivity contribution < 1.29 is 4.79 Å². The SMILES string of the molecule is CCCCc1ccc(CCNC(=O)c2ccc(=O)[nH]n2)cc1. The lowest BCUT2D eigenvalue weighted by Crippen LogP contribution is -2.27. The maximum absolute atomic E-state index is 11.8. The molecule has 0 aliphatic rings. The first-order valence-electron chi connectivity index (χ1n) is 7.61. The highest BCUT2D eigenvalue weighted by Gasteiger charge is 2.06. The first kappa shape index (κ1) is 15.9. The second-order valence-electron chi connectivity index (χ2n) is 5.23. The Morgan fingerprint density at radius 2 is 1.77 bits per heavy atom. The van der Waals surface area contributed by atoms with Gasteiger partial charge in [-0.05, 0) is 36.5 Å². The lowest BCUT2D eigenvalue weighted by atomic mass is 10.0. The molecule has 2 aromatic rings. The number of benzene rings is 1. The lowest BCUT2D eigenvalue weighted by Gasteiger charge is -2.06. The summed E-state index contributed by atoms with van der Waals surface area (Å²) in [5, 5.41) is 8.73. The van der Waals surface area contributed by atoms with Crippen molar-refractivity contribution in [3.8, 4) is 0 Å². The number of carbonyl (C=O) groups excluding carboxylic acids is 1. The molecule has 0 atom stereocenters. The number of unbranched alkanes of at least 4 members (excludes halogenated alkanes) is 1. The van der Waals surface area contributed by atoms with E-state index in [1.165, 1.54) is 36.1 Å². The van der Waals surface area contributed by atoms with Crippen molar-refractivity contribution in [2.24, 2.45) is 0 Å². The van der Waals surface area contributed by atoms with E-state index in [0.717, 1.165) is 12.8 Å². The molecule has 0 fully saturated rings. The number of nitrogens with one attached hydrogen (secondary N) is 2. The van der Waals surface area contributed by atoms with Crippen LogP contribution in [0.25, 0.3) is 0 Å². The van der Waals surface area contributed by atoms with Crippen LogP contribution in [0.2, 0.25) is 0 Å². The van der Waals surface area contributed by atoms with E-state index in [1.54, 1.807) is 0 Å². The Morgan fingerprint density at radius 1 is 1.09 bits per heavy atom. The van der Waals surface area contributed by atoms with E-state index in [-0.39, 0.29) is 17.2 Å². The zero-order valence-electron chi connectivity index (χ0n) is 12.8. The molecule has 0 saturated heterocycles. The highest BCUT2D eigenvalue weighted by atomic mass is 16.2. The third-order valence-corrected chi connectivity index (χ3v) is 3.45. The Labute approximate surface area is 129 Å². The summed E-state index contributed by atoms with van der Waals surface area (Å²) < 4.78 is 0. The van der Waals surface area contributed by atoms with Gasteiger partial charge in [0, 0.05) is 12.6 Å². The molecule has 0 saturated carbocycles. The topological polar surface area (TPSA) is 74.8 Å². The number of hydrogen-bond donors (Lipinski definition) is 2. The van der Waals surface area contributed by atoms with Crippen LogP contribution in [0.4, 0.5) is 0 Å². The maximum Gasteiger partial charge on any atom is 0.271 e. The monoisotopic (exact) mass is 299 g/mol. The van der Waals surface area contributed by atoms with Gasteiger partial charge in [-0.3, -0.25) is 9.59 Å². The average Bonchev–Trinajstić information content (AvgIpc) is 2.54. The molecule has 0 spiro atoms. The number of carbonyl (C=O) groups is 1. The van der Waals surface area contributed by atoms with Gasteiger partial charge >= 0.3 is 0 Å². The minimum atomic E-state index is -0.320. The van der Waals surface area contributed by atoms with Gasteiger partial charge in [0.2, 0.25) is 0 Å². The number of aryl methyl sites for hydroxylation is 1. The number of hydrogen-bond acceptors (Lipinski definition) is 3. The predicted molar refractivity (Wildman–Crippen MR) is 85.9 cm³/mol. The third kappa shape index (κ3) is 4.84. The molecular weight excluding hydrogens is 278 g/mol. The Kier molecular flexibility index (Phi) is 5.89. The molecule has 1 aromatic heterocycles. The van der Waals surface area contributed by atoms with Crippen LogP contribution in [-0.2, 0) is 12.8 Å². The van der Waals surface area contributed by atoms with E-state index >= 15 is 0 Å². The molecule has 2 N–H and O–H groups in total. The van der Waals surface area contributed by atoms with Crippen LogP contribution in [0.1, 0.15) is 41.4 Å². The molecule has 1 heterocycles. The number of aromatic amines is 1. The van der Waals surface area contributed by atoms with Crippen LogP contribution < -0.4 is 10.9 Å². The number of amides is 1. The summed E-state index contributed by atoms with van der Waals surface area (Å²) in [7, 11) is 0. The molecule has 0 bridgehead atoms. The van der Waals surface area contributed by atoms with Gasteiger partial charge < -0.3 is 5.32 Å². The Hall–Kier alpha value is -2.43. The smallest absolute Gasteiger partial charge is 0.271 e. The van der Waals surface area contributed by atoms with Crippen molar-refractivity contribution >= 4 is 5.91 Å². The van der Waals surface area contributed by atoms with E-state index in [2.05, 4.69) is 46.7 Å². The summed E-state index contributed by atoms with van der Waals surface area (Å²) in [6.45, 7) is 2.72. The zero-order valence-corrected chi connectivity index (χ0v) is 12.8. The summed E-state index contributed by atoms with van der Waals surface area (Å²) in [6.07, 6.45) is 4.29. The van der Waals surface area contributed by atoms with Crippen molar-refractivity contribution in [2.75, 3.05) is 6.54 Å². The van der Waals surface area contributed by atoms with Crippen molar-refractivity contribution in [1.29, 1.82) is 0 Å². The Bertz CT molecular complexity index is 642. The van der Waals surface area contributed by atoms with Crippen LogP contribution in [0.3, 0.4) is 0 Å². The van der Waals surface area contributed by atoms with Gasteiger partial charge in [0.1, 0.15) is 5.69 Å². The fourth-order valence-corrected chi connectivity index (χ4v) is 2.14. The maximum atomic E-state index is 11.8. The predicted octanol–water partition coefficient (Wildman–Crippen LogP) is 2.08. The zero-order chi connectivity index (χ0) is 15.8. The normalized spacial score (nSPS) is 10.4. The van der Waals surface area contributed by atoms with Crippen molar-refractivity contribution in [3.63, 3.8) is 0 Å². The summed E-state index contributed by atoms with van der Waals surface area (Å²) in [6, 6.07) is 11.2. The molecule has 1 aromatic carbocycles. The number of nitrogens with zero attached hydrogens (tertiary/aromatic N) is 1. The molecule has 0 aliphatic heterocycles. The van der Waals surface area contributed by atoms with Gasteiger partial charge in [-0.25, -0.2) is 5.10 Å². The standard InChI is InChI=1S/C17H21N3O2/c1-2-3-4-13-5-7-14(8-6-13)11-12-18-17(22)15-9-10-16(21)20-19-15/h5-10H,2-4,11-12H2,1H3,(H,18,22)(H,20,21). The summed E-state index contributed by atoms with van der Waals surface area (Å²) in [4.78, 5) is 22.7. The van der Waals surface area contributed by atoms with Gasteiger partial charge in [-0.15, -0.1) is 0 Å². The Balaban J connectivity index is 1.79. The number of aromatic nitrogens is 2. The summed E-state index contributed by atoms with van der Waals surface area (Å²) in [5.41, 5.74) is 2.44. The second-order valence-corrected chi connectivity index (χ2v) is 5.23. The molecule has 0 radical (unpaired) electrons. The number of rotatable bonds is 7. The van der Waals surface area contributed by atoms with Crippen LogP contribution in [0, 0.1) is 0 Å². The van der Waals surface area contributed by atoms with Gasteiger partial charge in [0.15, 0.2) is 0 Å². The van der Waals surface area contributed by atoms with E-state index in [1.807, 2.05) is 0 Å². The Morgan fingerprint density at radius 3 is 2.36 bits per heavy atom. The van der Waals surface area contributed by atoms with E-state index < -0.39 is 0 Å². The van der Waals surface area contributed by atoms with Crippen LogP contribution in [-0.4, -0.2) is 22.6 Å². The summed E-state index contributed by atoms with van der Waals surface area (Å²) >= 11 is 0. The molecule has 0 unspecified atom stereocenters. The van der Waals surface area contributed by atoms with Gasteiger partial charge in [0.05, 0.1) is 0 Å². The van der Waals surface area contributed by atoms with Crippen molar-refractivity contribution in [1.82, 2.24) is 15.5 Å². The first-order valence-corrected chi connectivity index (χ1v) is 7.61. The van der Waals surface area contributed by atoms with Crippen LogP contribution in [0.5, 0.6) is 0 Å². The van der Waals surface area contributed by atoms with Crippen molar-refractivity contribution in [2.45, 2.75) is 32.6 Å².